The highest BCUT2D eigenvalue weighted by molar-refractivity contribution is 7.92. The Labute approximate surface area is 96.2 Å². The predicted molar refractivity (Wildman–Crippen MR) is 65.3 cm³/mol. The second-order valence-electron chi connectivity index (χ2n) is 3.49. The number of aryl methyl sites for hydroxylation is 1. The normalized spacial score (nSPS) is 12.8. The molecule has 0 aliphatic carbocycles. The van der Waals surface area contributed by atoms with E-state index in [2.05, 4.69) is 11.4 Å². The number of sulfone groups is 1. The minimum atomic E-state index is -3.49. The molecule has 0 radical (unpaired) electrons. The molecule has 0 aliphatic heterocycles. The van der Waals surface area contributed by atoms with Crippen molar-refractivity contribution in [2.45, 2.75) is 23.6 Å². The van der Waals surface area contributed by atoms with E-state index in [1.165, 1.54) is 6.08 Å². The van der Waals surface area contributed by atoms with Gasteiger partial charge in [0.05, 0.1) is 11.3 Å². The lowest BCUT2D eigenvalue weighted by Crippen LogP contribution is -2.17. The van der Waals surface area contributed by atoms with Gasteiger partial charge in [-0.05, 0) is 19.1 Å². The molecule has 0 aliphatic rings. The van der Waals surface area contributed by atoms with Crippen molar-refractivity contribution in [2.75, 3.05) is 0 Å². The van der Waals surface area contributed by atoms with Gasteiger partial charge >= 0.3 is 5.37 Å². The Bertz CT molecular complexity index is 509. The van der Waals surface area contributed by atoms with Crippen LogP contribution in [0.25, 0.3) is 4.85 Å². The summed E-state index contributed by atoms with van der Waals surface area (Å²) in [6.07, 6.45) is 1.71. The number of hydrogen-bond acceptors (Lipinski definition) is 2. The molecule has 16 heavy (non-hydrogen) atoms. The van der Waals surface area contributed by atoms with E-state index in [0.29, 0.717) is 0 Å². The average Bonchev–Trinajstić information content (AvgIpc) is 2.26. The molecule has 0 fully saturated rings. The van der Waals surface area contributed by atoms with Crippen LogP contribution >= 0.6 is 0 Å². The lowest BCUT2D eigenvalue weighted by molar-refractivity contribution is 0.588. The van der Waals surface area contributed by atoms with Crippen molar-refractivity contribution in [3.8, 4) is 6.57 Å². The third-order valence-corrected chi connectivity index (χ3v) is 4.20. The summed E-state index contributed by atoms with van der Waals surface area (Å²) in [5, 5.41) is -0.951. The Morgan fingerprint density at radius 2 is 2.00 bits per heavy atom. The lowest BCUT2D eigenvalue weighted by Gasteiger charge is -2.03. The molecule has 1 unspecified atom stereocenters. The molecule has 84 valence electrons. The van der Waals surface area contributed by atoms with Crippen molar-refractivity contribution in [1.82, 2.24) is 0 Å². The summed E-state index contributed by atoms with van der Waals surface area (Å²) in [6.45, 7) is 10.5. The van der Waals surface area contributed by atoms with Crippen molar-refractivity contribution >= 4 is 9.84 Å². The summed E-state index contributed by atoms with van der Waals surface area (Å²) >= 11 is 0. The van der Waals surface area contributed by atoms with E-state index in [4.69, 9.17) is 6.57 Å². The van der Waals surface area contributed by atoms with Gasteiger partial charge in [0.2, 0.25) is 0 Å². The Balaban J connectivity index is 3.15. The molecule has 0 aromatic heterocycles. The summed E-state index contributed by atoms with van der Waals surface area (Å²) in [6, 6.07) is 6.61. The number of rotatable bonds is 4. The van der Waals surface area contributed by atoms with E-state index < -0.39 is 15.2 Å². The number of benzene rings is 1. The molecule has 0 bridgehead atoms. The Hall–Kier alpha value is -1.60. The largest absolute Gasteiger partial charge is 0.376 e. The van der Waals surface area contributed by atoms with E-state index >= 15 is 0 Å². The van der Waals surface area contributed by atoms with Gasteiger partial charge in [0.15, 0.2) is 0 Å². The molecule has 1 aromatic rings. The molecule has 3 nitrogen and oxygen atoms in total. The maximum Gasteiger partial charge on any atom is 0.376 e. The van der Waals surface area contributed by atoms with Crippen LogP contribution in [0, 0.1) is 13.5 Å². The summed E-state index contributed by atoms with van der Waals surface area (Å²) in [7, 11) is -3.49. The highest BCUT2D eigenvalue weighted by Gasteiger charge is 2.34. The minimum Gasteiger partial charge on any atom is -0.215 e. The monoisotopic (exact) mass is 236 g/mol. The molecule has 1 aromatic carbocycles. The second-order valence-corrected chi connectivity index (χ2v) is 5.59. The smallest absolute Gasteiger partial charge is 0.215 e. The lowest BCUT2D eigenvalue weighted by atomic mass is 10.2. The highest BCUT2D eigenvalue weighted by Crippen LogP contribution is 2.20. The van der Waals surface area contributed by atoms with Gasteiger partial charge in [0.25, 0.3) is 16.4 Å². The van der Waals surface area contributed by atoms with Gasteiger partial charge in [-0.1, -0.05) is 28.6 Å². The van der Waals surface area contributed by atoms with Crippen LogP contribution in [0.15, 0.2) is 41.8 Å². The fourth-order valence-corrected chi connectivity index (χ4v) is 2.67. The zero-order valence-electron chi connectivity index (χ0n) is 9.13. The number of nitrogens with zero attached hydrogens (tertiary/aromatic N) is 1. The van der Waals surface area contributed by atoms with Gasteiger partial charge in [-0.3, -0.25) is 0 Å². The molecule has 0 saturated heterocycles. The van der Waals surface area contributed by atoms with Crippen molar-refractivity contribution in [3.05, 3.63) is 47.3 Å². The van der Waals surface area contributed by atoms with E-state index in [-0.39, 0.29) is 11.3 Å². The summed E-state index contributed by atoms with van der Waals surface area (Å²) in [4.78, 5) is 3.62. The zero-order valence-corrected chi connectivity index (χ0v) is 9.94. The Morgan fingerprint density at radius 3 is 2.44 bits per heavy atom. The van der Waals surface area contributed by atoms with Crippen molar-refractivity contribution in [2.24, 2.45) is 0 Å². The summed E-state index contributed by atoms with van der Waals surface area (Å²) < 4.78 is 24.1. The predicted octanol–water partition coefficient (Wildman–Crippen LogP) is 2.63. The molecular formula is C12H14NO2S+. The fourth-order valence-electron chi connectivity index (χ4n) is 1.30. The molecule has 1 atom stereocenters. The average molecular weight is 236 g/mol. The fraction of sp³-hybridized carbons (Fsp3) is 0.250. The third kappa shape index (κ3) is 2.50. The molecule has 0 spiro atoms. The maximum atomic E-state index is 12.0. The van der Waals surface area contributed by atoms with Crippen molar-refractivity contribution < 1.29 is 8.42 Å². The molecule has 0 N–H and O–H groups in total. The van der Waals surface area contributed by atoms with Gasteiger partial charge in [-0.2, -0.15) is 0 Å². The second kappa shape index (κ2) is 4.95. The van der Waals surface area contributed by atoms with Crippen molar-refractivity contribution in [1.29, 1.82) is 0 Å². The zero-order chi connectivity index (χ0) is 12.2. The molecule has 1 rings (SSSR count). The number of hydrogen-bond donors (Lipinski definition) is 0. The summed E-state index contributed by atoms with van der Waals surface area (Å²) in [5.41, 5.74) is 1.00. The topological polar surface area (TPSA) is 38.5 Å². The molecule has 0 heterocycles. The molecular weight excluding hydrogens is 222 g/mol. The van der Waals surface area contributed by atoms with Crippen LogP contribution < -0.4 is 0 Å². The summed E-state index contributed by atoms with van der Waals surface area (Å²) in [5.74, 6) is 0. The maximum absolute atomic E-state index is 12.0. The van der Waals surface area contributed by atoms with Crippen molar-refractivity contribution in [3.63, 3.8) is 0 Å². The van der Waals surface area contributed by atoms with Crippen LogP contribution in [0.3, 0.4) is 0 Å². The van der Waals surface area contributed by atoms with Crippen LogP contribution in [0.1, 0.15) is 12.0 Å². The van der Waals surface area contributed by atoms with Crippen LogP contribution in [-0.2, 0) is 9.84 Å². The van der Waals surface area contributed by atoms with E-state index in [9.17, 15) is 8.42 Å². The first-order valence-electron chi connectivity index (χ1n) is 4.84. The van der Waals surface area contributed by atoms with Gasteiger partial charge in [0, 0.05) is 0 Å². The first-order chi connectivity index (χ1) is 7.52. The van der Waals surface area contributed by atoms with E-state index in [1.807, 2.05) is 6.92 Å². The van der Waals surface area contributed by atoms with E-state index in [1.54, 1.807) is 24.3 Å². The molecule has 4 heteroatoms. The standard InChI is InChI=1S/C12H14NO2S/c1-4-5-12(13-3)16(14,15)11-8-6-10(2)7-9-11/h3-4,6-9,12H,1,5H2,2H3/q+1. The molecule has 0 amide bonds. The van der Waals surface area contributed by atoms with Crippen LogP contribution in [0.2, 0.25) is 0 Å². The van der Waals surface area contributed by atoms with Crippen LogP contribution in [-0.4, -0.2) is 13.8 Å². The van der Waals surface area contributed by atoms with Gasteiger partial charge in [-0.25, -0.2) is 8.42 Å². The first-order valence-corrected chi connectivity index (χ1v) is 6.38. The Kier molecular flexibility index (Phi) is 3.86. The Morgan fingerprint density at radius 1 is 1.44 bits per heavy atom. The highest BCUT2D eigenvalue weighted by atomic mass is 32.2. The van der Waals surface area contributed by atoms with Crippen LogP contribution in [0.4, 0.5) is 0 Å². The quantitative estimate of drug-likeness (QED) is 0.754. The minimum absolute atomic E-state index is 0.215. The van der Waals surface area contributed by atoms with Gasteiger partial charge < -0.3 is 0 Å². The SMILES string of the molecule is C#[N+]C(CC=C)S(=O)(=O)c1ccc(C)cc1. The molecule has 0 saturated carbocycles. The van der Waals surface area contributed by atoms with Gasteiger partial charge in [-0.15, -0.1) is 6.58 Å². The van der Waals surface area contributed by atoms with E-state index in [0.717, 1.165) is 5.56 Å². The third-order valence-electron chi connectivity index (χ3n) is 2.24. The van der Waals surface area contributed by atoms with Crippen LogP contribution in [0.5, 0.6) is 0 Å². The first kappa shape index (κ1) is 12.5. The van der Waals surface area contributed by atoms with Gasteiger partial charge in [0.1, 0.15) is 0 Å².